The predicted octanol–water partition coefficient (Wildman–Crippen LogP) is 5.50. The summed E-state index contributed by atoms with van der Waals surface area (Å²) >= 11 is 6.14. The summed E-state index contributed by atoms with van der Waals surface area (Å²) in [6, 6.07) is 12.3. The summed E-state index contributed by atoms with van der Waals surface area (Å²) in [7, 11) is 0. The van der Waals surface area contributed by atoms with Crippen molar-refractivity contribution >= 4 is 11.6 Å². The fourth-order valence-electron chi connectivity index (χ4n) is 2.46. The van der Waals surface area contributed by atoms with Gasteiger partial charge >= 0.3 is 0 Å². The fraction of sp³-hybridized carbons (Fsp3) is 0.368. The van der Waals surface area contributed by atoms with Gasteiger partial charge in [-0.05, 0) is 46.2 Å². The van der Waals surface area contributed by atoms with E-state index in [0.29, 0.717) is 17.2 Å². The fourth-order valence-corrected chi connectivity index (χ4v) is 2.73. The van der Waals surface area contributed by atoms with Crippen molar-refractivity contribution in [2.45, 2.75) is 46.0 Å². The van der Waals surface area contributed by atoms with Gasteiger partial charge in [0, 0.05) is 11.4 Å². The first-order valence-electron chi connectivity index (χ1n) is 7.41. The Morgan fingerprint density at radius 3 is 2.10 bits per heavy atom. The van der Waals surface area contributed by atoms with Gasteiger partial charge in [-0.2, -0.15) is 0 Å². The van der Waals surface area contributed by atoms with Gasteiger partial charge in [0.25, 0.3) is 0 Å². The number of rotatable bonds is 3. The van der Waals surface area contributed by atoms with Crippen molar-refractivity contribution in [2.75, 3.05) is 0 Å². The second-order valence-electron chi connectivity index (χ2n) is 6.55. The van der Waals surface area contributed by atoms with Crippen LogP contribution in [0.25, 0.3) is 0 Å². The molecule has 1 N–H and O–H groups in total. The Morgan fingerprint density at radius 1 is 1.00 bits per heavy atom. The molecule has 2 heteroatoms. The van der Waals surface area contributed by atoms with Crippen LogP contribution in [0.1, 0.15) is 49.9 Å². The summed E-state index contributed by atoms with van der Waals surface area (Å²) in [5, 5.41) is 11.0. The average Bonchev–Trinajstić information content (AvgIpc) is 2.42. The van der Waals surface area contributed by atoms with Gasteiger partial charge < -0.3 is 5.11 Å². The molecule has 0 amide bonds. The molecule has 2 aromatic rings. The lowest BCUT2D eigenvalue weighted by atomic mass is 9.86. The van der Waals surface area contributed by atoms with E-state index in [1.54, 1.807) is 0 Å². The molecule has 0 unspecified atom stereocenters. The van der Waals surface area contributed by atoms with Gasteiger partial charge in [-0.25, -0.2) is 0 Å². The molecule has 21 heavy (non-hydrogen) atoms. The molecule has 0 saturated carbocycles. The normalized spacial score (nSPS) is 11.7. The predicted molar refractivity (Wildman–Crippen MR) is 90.4 cm³/mol. The third-order valence-electron chi connectivity index (χ3n) is 3.83. The molecular formula is C19H23ClO. The first-order valence-corrected chi connectivity index (χ1v) is 7.78. The van der Waals surface area contributed by atoms with Crippen molar-refractivity contribution in [3.05, 3.63) is 63.7 Å². The van der Waals surface area contributed by atoms with Gasteiger partial charge in [0.2, 0.25) is 0 Å². The van der Waals surface area contributed by atoms with Crippen LogP contribution in [-0.4, -0.2) is 5.11 Å². The summed E-state index contributed by atoms with van der Waals surface area (Å²) in [5.74, 6) is 0.377. The summed E-state index contributed by atoms with van der Waals surface area (Å²) < 4.78 is 0. The Labute approximate surface area is 132 Å². The standard InChI is InChI=1S/C19H23ClO/c1-5-14-11-17(20)12-15(18(14)21)10-13-6-8-16(9-7-13)19(2,3)4/h6-9,11-12,21H,5,10H2,1-4H3. The monoisotopic (exact) mass is 302 g/mol. The summed E-state index contributed by atoms with van der Waals surface area (Å²) in [6.07, 6.45) is 1.48. The smallest absolute Gasteiger partial charge is 0.122 e. The molecule has 0 aliphatic carbocycles. The molecule has 0 radical (unpaired) electrons. The Balaban J connectivity index is 2.28. The third-order valence-corrected chi connectivity index (χ3v) is 4.05. The van der Waals surface area contributed by atoms with Gasteiger partial charge in [0.15, 0.2) is 0 Å². The maximum atomic E-state index is 10.3. The highest BCUT2D eigenvalue weighted by atomic mass is 35.5. The van der Waals surface area contributed by atoms with E-state index in [-0.39, 0.29) is 5.41 Å². The number of benzene rings is 2. The zero-order chi connectivity index (χ0) is 15.6. The Bertz CT molecular complexity index is 621. The molecular weight excluding hydrogens is 280 g/mol. The van der Waals surface area contributed by atoms with Crippen molar-refractivity contribution in [1.82, 2.24) is 0 Å². The molecule has 0 spiro atoms. The van der Waals surface area contributed by atoms with Gasteiger partial charge in [0.05, 0.1) is 0 Å². The van der Waals surface area contributed by atoms with Crippen LogP contribution < -0.4 is 0 Å². The highest BCUT2D eigenvalue weighted by Crippen LogP contribution is 2.30. The Morgan fingerprint density at radius 2 is 1.57 bits per heavy atom. The molecule has 0 aromatic heterocycles. The van der Waals surface area contributed by atoms with E-state index in [0.717, 1.165) is 17.5 Å². The number of phenolic OH excluding ortho intramolecular Hbond substituents is 1. The molecule has 0 heterocycles. The van der Waals surface area contributed by atoms with Crippen molar-refractivity contribution in [1.29, 1.82) is 0 Å². The second kappa shape index (κ2) is 6.11. The number of aryl methyl sites for hydroxylation is 1. The molecule has 0 bridgehead atoms. The van der Waals surface area contributed by atoms with Gasteiger partial charge in [0.1, 0.15) is 5.75 Å². The number of hydrogen-bond acceptors (Lipinski definition) is 1. The summed E-state index contributed by atoms with van der Waals surface area (Å²) in [4.78, 5) is 0. The Kier molecular flexibility index (Phi) is 4.63. The van der Waals surface area contributed by atoms with Crippen LogP contribution in [0.5, 0.6) is 5.75 Å². The molecule has 0 atom stereocenters. The van der Waals surface area contributed by atoms with Crippen molar-refractivity contribution in [2.24, 2.45) is 0 Å². The second-order valence-corrected chi connectivity index (χ2v) is 6.99. The third kappa shape index (κ3) is 3.79. The molecule has 0 aliphatic heterocycles. The molecule has 1 nitrogen and oxygen atoms in total. The molecule has 0 fully saturated rings. The van der Waals surface area contributed by atoms with Crippen LogP contribution in [0.4, 0.5) is 0 Å². The number of aromatic hydroxyl groups is 1. The van der Waals surface area contributed by atoms with Crippen LogP contribution in [0.2, 0.25) is 5.02 Å². The highest BCUT2D eigenvalue weighted by Gasteiger charge is 2.13. The van der Waals surface area contributed by atoms with Crippen LogP contribution in [0.15, 0.2) is 36.4 Å². The molecule has 112 valence electrons. The van der Waals surface area contributed by atoms with Crippen molar-refractivity contribution < 1.29 is 5.11 Å². The van der Waals surface area contributed by atoms with Crippen LogP contribution in [0.3, 0.4) is 0 Å². The first-order chi connectivity index (χ1) is 9.81. The van der Waals surface area contributed by atoms with Crippen molar-refractivity contribution in [3.63, 3.8) is 0 Å². The van der Waals surface area contributed by atoms with Crippen LogP contribution in [0, 0.1) is 0 Å². The zero-order valence-corrected chi connectivity index (χ0v) is 14.0. The lowest BCUT2D eigenvalue weighted by molar-refractivity contribution is 0.463. The Hall–Kier alpha value is -1.47. The van der Waals surface area contributed by atoms with Gasteiger partial charge in [-0.1, -0.05) is 63.6 Å². The minimum Gasteiger partial charge on any atom is -0.507 e. The molecule has 0 saturated heterocycles. The van der Waals surface area contributed by atoms with Crippen LogP contribution >= 0.6 is 11.6 Å². The van der Waals surface area contributed by atoms with E-state index >= 15 is 0 Å². The van der Waals surface area contributed by atoms with E-state index in [2.05, 4.69) is 45.0 Å². The SMILES string of the molecule is CCc1cc(Cl)cc(Cc2ccc(C(C)(C)C)cc2)c1O. The molecule has 0 aliphatic rings. The van der Waals surface area contributed by atoms with E-state index in [1.807, 2.05) is 19.1 Å². The molecule has 2 rings (SSSR count). The first kappa shape index (κ1) is 15.9. The van der Waals surface area contributed by atoms with E-state index < -0.39 is 0 Å². The van der Waals surface area contributed by atoms with Gasteiger partial charge in [-0.3, -0.25) is 0 Å². The lowest BCUT2D eigenvalue weighted by Crippen LogP contribution is -2.10. The highest BCUT2D eigenvalue weighted by molar-refractivity contribution is 6.30. The summed E-state index contributed by atoms with van der Waals surface area (Å²) in [5.41, 5.74) is 4.46. The van der Waals surface area contributed by atoms with E-state index in [1.165, 1.54) is 11.1 Å². The average molecular weight is 303 g/mol. The number of phenols is 1. The topological polar surface area (TPSA) is 20.2 Å². The minimum atomic E-state index is 0.159. The number of halogens is 1. The van der Waals surface area contributed by atoms with Gasteiger partial charge in [-0.15, -0.1) is 0 Å². The lowest BCUT2D eigenvalue weighted by Gasteiger charge is -2.19. The molecule has 2 aromatic carbocycles. The van der Waals surface area contributed by atoms with E-state index in [4.69, 9.17) is 11.6 Å². The van der Waals surface area contributed by atoms with Crippen molar-refractivity contribution in [3.8, 4) is 5.75 Å². The summed E-state index contributed by atoms with van der Waals surface area (Å²) in [6.45, 7) is 8.64. The van der Waals surface area contributed by atoms with Crippen LogP contribution in [-0.2, 0) is 18.3 Å². The maximum Gasteiger partial charge on any atom is 0.122 e. The minimum absolute atomic E-state index is 0.159. The number of hydrogen-bond donors (Lipinski definition) is 1. The largest absolute Gasteiger partial charge is 0.507 e. The maximum absolute atomic E-state index is 10.3. The van der Waals surface area contributed by atoms with E-state index in [9.17, 15) is 5.11 Å². The quantitative estimate of drug-likeness (QED) is 0.794. The zero-order valence-electron chi connectivity index (χ0n) is 13.2.